The molecule has 0 aromatic heterocycles. The number of halogens is 3. The summed E-state index contributed by atoms with van der Waals surface area (Å²) in [7, 11) is 0. The monoisotopic (exact) mass is 1140 g/mol. The van der Waals surface area contributed by atoms with Gasteiger partial charge in [-0.05, 0) is 84.4 Å². The van der Waals surface area contributed by atoms with Crippen LogP contribution in [0.2, 0.25) is 0 Å². The van der Waals surface area contributed by atoms with Gasteiger partial charge in [0.2, 0.25) is 5.24 Å². The van der Waals surface area contributed by atoms with E-state index in [2.05, 4.69) is 11.5 Å². The molecule has 0 aliphatic heterocycles. The normalized spacial score (nSPS) is 9.35. The van der Waals surface area contributed by atoms with E-state index in [0.717, 1.165) is 6.08 Å². The van der Waals surface area contributed by atoms with Gasteiger partial charge in [0.05, 0.1) is 13.0 Å². The van der Waals surface area contributed by atoms with Crippen LogP contribution in [-0.2, 0) is 33.5 Å². The van der Waals surface area contributed by atoms with Crippen LogP contribution in [0.1, 0.15) is 62.0 Å². The summed E-state index contributed by atoms with van der Waals surface area (Å²) < 4.78 is 25.8. The summed E-state index contributed by atoms with van der Waals surface area (Å²) >= 11 is 15.4. The Morgan fingerprint density at radius 3 is 1.07 bits per heavy atom. The Bertz CT molecular complexity index is 2570. The molecule has 0 radical (unpaired) electrons. The summed E-state index contributed by atoms with van der Waals surface area (Å²) in [6.45, 7) is 4.16. The zero-order valence-corrected chi connectivity index (χ0v) is 49.8. The predicted octanol–water partition coefficient (Wildman–Crippen LogP) is 2.72. The zero-order chi connectivity index (χ0) is 53.5. The van der Waals surface area contributed by atoms with Crippen LogP contribution in [0.15, 0.2) is 176 Å². The molecule has 6 aromatic rings. The second kappa shape index (κ2) is 44.7. The average Bonchev–Trinajstić information content (AvgIpc) is 3.43. The standard InChI is InChI=1S/C18H17ClO4.C18H16O4.C15H14O3.C3H4Cl2O.CH2O3.2K.H/c19-11-10-17(20)23-13-12-22-16-8-6-15(7-9-16)18(21)14-4-2-1-3-5-14;1-2-17(19)22-13-12-21-16-10-8-15(9-11-16)18(20)14-6-4-3-5-7-14;16-10-11-18-14-8-6-13(7-9-14)15(17)12-4-2-1-3-5-12;4-2-1-3(5)6;2-1-4-3;;;/h1-9H,10-13H2;2-11H,1,12-13H2;1-9,16H,10-11H2;1-2H2;1,3H;;;/q;;;;;2*+1;-1/p-1. The molecule has 0 heterocycles. The van der Waals surface area contributed by atoms with Gasteiger partial charge >= 0.3 is 115 Å². The predicted molar refractivity (Wildman–Crippen MR) is 274 cm³/mol. The average molecular weight is 1140 g/mol. The Balaban J connectivity index is 0. The van der Waals surface area contributed by atoms with Crippen LogP contribution < -0.4 is 122 Å². The maximum atomic E-state index is 12.2. The van der Waals surface area contributed by atoms with Gasteiger partial charge in [-0.15, -0.1) is 23.2 Å². The number of carbonyl (C=O) groups excluding carboxylic acids is 7. The van der Waals surface area contributed by atoms with Gasteiger partial charge in [0.1, 0.15) is 50.3 Å². The molecule has 75 heavy (non-hydrogen) atoms. The molecule has 0 saturated carbocycles. The Hall–Kier alpha value is -4.39. The number of carbonyl (C=O) groups is 7. The molecule has 0 bridgehead atoms. The number of hydrogen-bond acceptors (Lipinski definition) is 15. The first kappa shape index (κ1) is 70.6. The van der Waals surface area contributed by atoms with Crippen molar-refractivity contribution in [2.75, 3.05) is 51.4 Å². The minimum atomic E-state index is -0.479. The number of aliphatic hydroxyl groups is 1. The van der Waals surface area contributed by atoms with E-state index in [9.17, 15) is 28.8 Å². The second-order valence-corrected chi connectivity index (χ2v) is 15.1. The summed E-state index contributed by atoms with van der Waals surface area (Å²) in [5.74, 6) is 1.54. The molecule has 6 rings (SSSR count). The number of hydrogen-bond donors (Lipinski definition) is 1. The zero-order valence-electron chi connectivity index (χ0n) is 42.3. The minimum absolute atomic E-state index is 0. The number of esters is 2. The summed E-state index contributed by atoms with van der Waals surface area (Å²) in [5, 5.41) is 16.7. The fourth-order valence-electron chi connectivity index (χ4n) is 5.44. The largest absolute Gasteiger partial charge is 1.00 e. The first-order chi connectivity index (χ1) is 35.4. The van der Waals surface area contributed by atoms with E-state index in [0.29, 0.717) is 56.5 Å². The molecule has 20 heteroatoms. The van der Waals surface area contributed by atoms with Crippen molar-refractivity contribution in [2.45, 2.75) is 12.8 Å². The molecule has 0 unspecified atom stereocenters. The third-order valence-corrected chi connectivity index (χ3v) is 9.39. The molecule has 0 aliphatic carbocycles. The van der Waals surface area contributed by atoms with Crippen LogP contribution in [0.5, 0.6) is 17.2 Å². The molecule has 0 aliphatic rings. The third-order valence-electron chi connectivity index (χ3n) is 8.82. The van der Waals surface area contributed by atoms with Gasteiger partial charge in [0, 0.05) is 57.6 Å². The molecule has 0 saturated heterocycles. The first-order valence-corrected chi connectivity index (χ1v) is 23.4. The van der Waals surface area contributed by atoms with Crippen LogP contribution >= 0.6 is 34.8 Å². The van der Waals surface area contributed by atoms with E-state index in [1.54, 1.807) is 109 Å². The molecular weight excluding hydrogens is 1090 g/mol. The van der Waals surface area contributed by atoms with Gasteiger partial charge in [-0.25, -0.2) is 4.79 Å². The smallest absolute Gasteiger partial charge is 1.00 e. The van der Waals surface area contributed by atoms with Crippen molar-refractivity contribution in [1.82, 2.24) is 0 Å². The van der Waals surface area contributed by atoms with Crippen LogP contribution in [0.4, 0.5) is 0 Å². The number of rotatable bonds is 23. The molecule has 0 atom stereocenters. The van der Waals surface area contributed by atoms with E-state index in [1.165, 1.54) is 0 Å². The molecular formula is C55H53Cl3K2O15. The maximum Gasteiger partial charge on any atom is 1.00 e. The maximum absolute atomic E-state index is 12.2. The van der Waals surface area contributed by atoms with Crippen molar-refractivity contribution < 1.29 is 177 Å². The van der Waals surface area contributed by atoms with Gasteiger partial charge in [-0.3, -0.25) is 28.8 Å². The van der Waals surface area contributed by atoms with E-state index in [1.807, 2.05) is 54.6 Å². The quantitative estimate of drug-likeness (QED) is 0.00933. The molecule has 6 aromatic carbocycles. The van der Waals surface area contributed by atoms with Crippen LogP contribution in [0.25, 0.3) is 0 Å². The number of alkyl halides is 2. The molecule has 0 fully saturated rings. The first-order valence-electron chi connectivity index (χ1n) is 22.0. The minimum Gasteiger partial charge on any atom is -1.00 e. The van der Waals surface area contributed by atoms with Crippen LogP contribution in [0.3, 0.4) is 0 Å². The number of ether oxygens (including phenoxy) is 5. The Morgan fingerprint density at radius 2 is 0.800 bits per heavy atom. The van der Waals surface area contributed by atoms with Gasteiger partial charge < -0.3 is 40.4 Å². The van der Waals surface area contributed by atoms with Crippen molar-refractivity contribution in [3.63, 3.8) is 0 Å². The molecule has 0 amide bonds. The Labute approximate surface area is 537 Å². The third kappa shape index (κ3) is 31.4. The summed E-state index contributed by atoms with van der Waals surface area (Å²) in [4.78, 5) is 79.5. The van der Waals surface area contributed by atoms with E-state index >= 15 is 0 Å². The topological polar surface area (TPSA) is 218 Å². The van der Waals surface area contributed by atoms with Crippen molar-refractivity contribution in [2.24, 2.45) is 0 Å². The second-order valence-electron chi connectivity index (χ2n) is 13.9. The van der Waals surface area contributed by atoms with Gasteiger partial charge in [0.15, 0.2) is 17.3 Å². The van der Waals surface area contributed by atoms with Crippen LogP contribution in [0, 0.1) is 0 Å². The van der Waals surface area contributed by atoms with Gasteiger partial charge in [-0.2, -0.15) is 0 Å². The Morgan fingerprint density at radius 1 is 0.493 bits per heavy atom. The fraction of sp³-hybridized carbons (Fsp3) is 0.182. The summed E-state index contributed by atoms with van der Waals surface area (Å²) in [5.41, 5.74) is 3.77. The SMILES string of the molecule is C=CC(=O)OCCOc1ccc(C(=O)c2ccccc2)cc1.O=C(CCCl)OCCOc1ccc(C(=O)c2ccccc2)cc1.O=C(Cl)CCCl.O=C(c1ccccc1)c1ccc(OCCO)cc1.O=CO[O-].[H-].[K+].[K+]. The van der Waals surface area contributed by atoms with Crippen molar-refractivity contribution in [3.8, 4) is 17.2 Å². The number of benzene rings is 6. The Kier molecular flexibility index (Phi) is 42.1. The summed E-state index contributed by atoms with van der Waals surface area (Å²) in [6, 6.07) is 47.9. The van der Waals surface area contributed by atoms with Crippen molar-refractivity contribution in [3.05, 3.63) is 210 Å². The molecule has 1 N–H and O–H groups in total. The fourth-order valence-corrected chi connectivity index (χ4v) is 5.96. The molecule has 0 spiro atoms. The summed E-state index contributed by atoms with van der Waals surface area (Å²) in [6.07, 6.45) is 1.56. The van der Waals surface area contributed by atoms with Gasteiger partial charge in [-0.1, -0.05) is 97.6 Å². The van der Waals surface area contributed by atoms with E-state index < -0.39 is 5.97 Å². The number of aliphatic hydroxyl groups excluding tert-OH is 1. The van der Waals surface area contributed by atoms with E-state index in [-0.39, 0.29) is 198 Å². The molecule has 15 nitrogen and oxygen atoms in total. The van der Waals surface area contributed by atoms with Crippen LogP contribution in [-0.4, -0.2) is 97.5 Å². The number of ketones is 3. The molecule has 386 valence electrons. The van der Waals surface area contributed by atoms with Crippen molar-refractivity contribution in [1.29, 1.82) is 0 Å². The van der Waals surface area contributed by atoms with E-state index in [4.69, 9.17) is 73.6 Å². The van der Waals surface area contributed by atoms with Gasteiger partial charge in [0.25, 0.3) is 6.47 Å². The van der Waals surface area contributed by atoms with Crippen molar-refractivity contribution >= 4 is 75.8 Å².